The summed E-state index contributed by atoms with van der Waals surface area (Å²) in [4.78, 5) is 35.8. The number of rotatable bonds is 5. The van der Waals surface area contributed by atoms with Crippen LogP contribution in [0.25, 0.3) is 0 Å². The number of carbonyl (C=O) groups is 3. The van der Waals surface area contributed by atoms with E-state index >= 15 is 0 Å². The van der Waals surface area contributed by atoms with Crippen LogP contribution in [0.2, 0.25) is 0 Å². The van der Waals surface area contributed by atoms with Gasteiger partial charge in [0.25, 0.3) is 0 Å². The lowest BCUT2D eigenvalue weighted by molar-refractivity contribution is -0.160. The lowest BCUT2D eigenvalue weighted by Crippen LogP contribution is -2.41. The third-order valence-corrected chi connectivity index (χ3v) is 3.46. The van der Waals surface area contributed by atoms with Gasteiger partial charge in [-0.1, -0.05) is 6.07 Å². The van der Waals surface area contributed by atoms with Crippen molar-refractivity contribution >= 4 is 18.0 Å². The van der Waals surface area contributed by atoms with E-state index in [1.165, 1.54) is 0 Å². The highest BCUT2D eigenvalue weighted by atomic mass is 16.7. The van der Waals surface area contributed by atoms with Crippen LogP contribution in [0.1, 0.15) is 11.6 Å². The summed E-state index contributed by atoms with van der Waals surface area (Å²) in [5, 5.41) is 2.45. The molecule has 0 saturated carbocycles. The maximum absolute atomic E-state index is 12.1. The van der Waals surface area contributed by atoms with E-state index in [9.17, 15) is 14.4 Å². The number of fused-ring (bicyclic) bond motifs is 1. The highest BCUT2D eigenvalue weighted by Crippen LogP contribution is 2.36. The number of amides is 1. The van der Waals surface area contributed by atoms with Crippen molar-refractivity contribution in [1.29, 1.82) is 0 Å². The van der Waals surface area contributed by atoms with Gasteiger partial charge < -0.3 is 29.0 Å². The Bertz CT molecular complexity index is 628. The van der Waals surface area contributed by atoms with Gasteiger partial charge in [0.05, 0.1) is 27.4 Å². The number of carbonyl (C=O) groups excluding carboxylic acids is 3. The Hall–Kier alpha value is -2.97. The molecule has 1 aromatic rings. The molecule has 1 atom stereocenters. The molecular weight excluding hydrogens is 322 g/mol. The minimum atomic E-state index is -1.42. The molecular formula is C15H17NO8. The predicted molar refractivity (Wildman–Crippen MR) is 78.4 cm³/mol. The number of methoxy groups -OCH3 is 3. The Morgan fingerprint density at radius 1 is 1.00 bits per heavy atom. The smallest absolute Gasteiger partial charge is 0.407 e. The molecule has 2 rings (SSSR count). The fourth-order valence-electron chi connectivity index (χ4n) is 2.27. The molecule has 1 N–H and O–H groups in total. The predicted octanol–water partition coefficient (Wildman–Crippen LogP) is 0.775. The van der Waals surface area contributed by atoms with Gasteiger partial charge in [-0.25, -0.2) is 4.79 Å². The molecule has 9 nitrogen and oxygen atoms in total. The highest BCUT2D eigenvalue weighted by Gasteiger charge is 2.39. The van der Waals surface area contributed by atoms with Crippen molar-refractivity contribution in [3.63, 3.8) is 0 Å². The Morgan fingerprint density at radius 2 is 1.62 bits per heavy atom. The summed E-state index contributed by atoms with van der Waals surface area (Å²) in [7, 11) is 3.43. The molecule has 0 saturated heterocycles. The number of benzene rings is 1. The fraction of sp³-hybridized carbons (Fsp3) is 0.400. The van der Waals surface area contributed by atoms with Crippen LogP contribution in [0.3, 0.4) is 0 Å². The summed E-state index contributed by atoms with van der Waals surface area (Å²) in [6, 6.07) is 3.68. The van der Waals surface area contributed by atoms with Crippen molar-refractivity contribution in [2.45, 2.75) is 6.04 Å². The number of esters is 2. The monoisotopic (exact) mass is 339 g/mol. The molecule has 1 amide bonds. The van der Waals surface area contributed by atoms with Gasteiger partial charge in [0.15, 0.2) is 17.4 Å². The van der Waals surface area contributed by atoms with Crippen LogP contribution in [-0.2, 0) is 23.8 Å². The molecule has 0 radical (unpaired) electrons. The van der Waals surface area contributed by atoms with E-state index in [0.29, 0.717) is 17.1 Å². The second kappa shape index (κ2) is 7.53. The summed E-state index contributed by atoms with van der Waals surface area (Å²) in [6.07, 6.45) is -0.824. The van der Waals surface area contributed by atoms with E-state index < -0.39 is 30.0 Å². The first kappa shape index (κ1) is 17.4. The molecule has 1 aliphatic rings. The van der Waals surface area contributed by atoms with Crippen molar-refractivity contribution < 1.29 is 38.1 Å². The zero-order valence-electron chi connectivity index (χ0n) is 13.4. The van der Waals surface area contributed by atoms with Gasteiger partial charge in [-0.3, -0.25) is 9.59 Å². The van der Waals surface area contributed by atoms with Crippen molar-refractivity contribution in [3.8, 4) is 11.5 Å². The molecule has 0 unspecified atom stereocenters. The average molecular weight is 339 g/mol. The van der Waals surface area contributed by atoms with E-state index in [-0.39, 0.29) is 6.79 Å². The molecule has 24 heavy (non-hydrogen) atoms. The van der Waals surface area contributed by atoms with Crippen LogP contribution < -0.4 is 14.8 Å². The van der Waals surface area contributed by atoms with E-state index in [1.54, 1.807) is 18.2 Å². The summed E-state index contributed by atoms with van der Waals surface area (Å²) in [5.74, 6) is -2.19. The molecule has 0 aromatic heterocycles. The van der Waals surface area contributed by atoms with Crippen LogP contribution in [0.4, 0.5) is 4.79 Å². The largest absolute Gasteiger partial charge is 0.468 e. The van der Waals surface area contributed by atoms with Crippen molar-refractivity contribution in [3.05, 3.63) is 23.8 Å². The molecule has 9 heteroatoms. The maximum Gasteiger partial charge on any atom is 0.407 e. The zero-order valence-corrected chi connectivity index (χ0v) is 13.4. The fourth-order valence-corrected chi connectivity index (χ4v) is 2.27. The van der Waals surface area contributed by atoms with Gasteiger partial charge in [0.1, 0.15) is 0 Å². The first-order valence-electron chi connectivity index (χ1n) is 6.91. The van der Waals surface area contributed by atoms with Crippen LogP contribution in [-0.4, -0.2) is 46.2 Å². The number of hydrogen-bond donors (Lipinski definition) is 1. The van der Waals surface area contributed by atoms with Gasteiger partial charge in [0, 0.05) is 0 Å². The normalized spacial score (nSPS) is 13.2. The molecule has 0 spiro atoms. The van der Waals surface area contributed by atoms with E-state index in [4.69, 9.17) is 9.47 Å². The SMILES string of the molecule is COC(=O)N[C@@H](c1ccc2c(c1)OCO2)C(C(=O)OC)C(=O)OC. The molecule has 130 valence electrons. The van der Waals surface area contributed by atoms with Gasteiger partial charge in [0.2, 0.25) is 6.79 Å². The molecule has 0 fully saturated rings. The molecule has 1 heterocycles. The zero-order chi connectivity index (χ0) is 17.7. The standard InChI is InChI=1S/C15H17NO8/c1-20-13(17)11(14(18)21-2)12(16-15(19)22-3)8-4-5-9-10(6-8)24-7-23-9/h4-6,11-12H,7H2,1-3H3,(H,16,19)/t12-/m0/s1. The molecule has 0 bridgehead atoms. The first-order valence-corrected chi connectivity index (χ1v) is 6.91. The Morgan fingerprint density at radius 3 is 2.21 bits per heavy atom. The van der Waals surface area contributed by atoms with Gasteiger partial charge in [-0.05, 0) is 17.7 Å². The summed E-state index contributed by atoms with van der Waals surface area (Å²) in [6.45, 7) is 0.0608. The van der Waals surface area contributed by atoms with E-state index in [1.807, 2.05) is 0 Å². The lowest BCUT2D eigenvalue weighted by Gasteiger charge is -2.24. The summed E-state index contributed by atoms with van der Waals surface area (Å²) >= 11 is 0. The third-order valence-electron chi connectivity index (χ3n) is 3.46. The molecule has 1 aliphatic heterocycles. The molecule has 0 aliphatic carbocycles. The number of nitrogens with one attached hydrogen (secondary N) is 1. The number of alkyl carbamates (subject to hydrolysis) is 1. The van der Waals surface area contributed by atoms with Crippen molar-refractivity contribution in [1.82, 2.24) is 5.32 Å². The minimum absolute atomic E-state index is 0.0608. The second-order valence-corrected chi connectivity index (χ2v) is 4.75. The topological polar surface area (TPSA) is 109 Å². The van der Waals surface area contributed by atoms with Crippen LogP contribution >= 0.6 is 0 Å². The number of hydrogen-bond acceptors (Lipinski definition) is 8. The summed E-state index contributed by atoms with van der Waals surface area (Å²) < 4.78 is 24.4. The van der Waals surface area contributed by atoms with Crippen molar-refractivity contribution in [2.75, 3.05) is 28.1 Å². The van der Waals surface area contributed by atoms with Gasteiger partial charge in [-0.15, -0.1) is 0 Å². The van der Waals surface area contributed by atoms with Crippen LogP contribution in [0.15, 0.2) is 18.2 Å². The van der Waals surface area contributed by atoms with E-state index in [0.717, 1.165) is 21.3 Å². The number of ether oxygens (including phenoxy) is 5. The molecule has 1 aromatic carbocycles. The summed E-state index contributed by atoms with van der Waals surface area (Å²) in [5.41, 5.74) is 0.422. The van der Waals surface area contributed by atoms with Gasteiger partial charge >= 0.3 is 18.0 Å². The average Bonchev–Trinajstić information content (AvgIpc) is 3.07. The highest BCUT2D eigenvalue weighted by molar-refractivity contribution is 5.96. The lowest BCUT2D eigenvalue weighted by atomic mass is 9.92. The van der Waals surface area contributed by atoms with Crippen LogP contribution in [0.5, 0.6) is 11.5 Å². The first-order chi connectivity index (χ1) is 11.5. The van der Waals surface area contributed by atoms with Crippen LogP contribution in [0, 0.1) is 5.92 Å². The second-order valence-electron chi connectivity index (χ2n) is 4.75. The van der Waals surface area contributed by atoms with E-state index in [2.05, 4.69) is 19.5 Å². The Balaban J connectivity index is 2.44. The third kappa shape index (κ3) is 3.50. The Kier molecular flexibility index (Phi) is 5.46. The van der Waals surface area contributed by atoms with Crippen molar-refractivity contribution in [2.24, 2.45) is 5.92 Å². The maximum atomic E-state index is 12.1. The minimum Gasteiger partial charge on any atom is -0.468 e. The van der Waals surface area contributed by atoms with Gasteiger partial charge in [-0.2, -0.15) is 0 Å². The Labute approximate surface area is 137 Å². The quantitative estimate of drug-likeness (QED) is 0.476.